The molecule has 1 heterocycles. The smallest absolute Gasteiger partial charge is 0.407 e. The van der Waals surface area contributed by atoms with Gasteiger partial charge in [0.15, 0.2) is 0 Å². The molecule has 1 aliphatic carbocycles. The molecular weight excluding hydrogens is 598 g/mol. The number of carbonyl (C=O) groups excluding carboxylic acids is 3. The summed E-state index contributed by atoms with van der Waals surface area (Å²) in [5.74, 6) is -0.794. The molecule has 3 amide bonds. The van der Waals surface area contributed by atoms with E-state index in [-0.39, 0.29) is 24.2 Å². The second kappa shape index (κ2) is 12.6. The van der Waals surface area contributed by atoms with Crippen LogP contribution in [-0.4, -0.2) is 46.3 Å². The zero-order valence-electron chi connectivity index (χ0n) is 22.9. The van der Waals surface area contributed by atoms with Crippen molar-refractivity contribution in [1.82, 2.24) is 15.5 Å². The molecule has 3 aromatic rings. The molecule has 4 rings (SSSR count). The predicted molar refractivity (Wildman–Crippen MR) is 159 cm³/mol. The highest BCUT2D eigenvalue weighted by atomic mass is 79.9. The minimum Gasteiger partial charge on any atom is -0.444 e. The Kier molecular flexibility index (Phi) is 9.41. The quantitative estimate of drug-likeness (QED) is 0.292. The number of aromatic amines is 1. The number of carbonyl (C=O) groups is 3. The third-order valence-corrected chi connectivity index (χ3v) is 7.94. The van der Waals surface area contributed by atoms with Crippen molar-refractivity contribution < 1.29 is 19.1 Å². The molecule has 0 bridgehead atoms. The third-order valence-electron chi connectivity index (χ3n) is 7.12. The van der Waals surface area contributed by atoms with Gasteiger partial charge in [0.2, 0.25) is 11.8 Å². The maximum atomic E-state index is 14.1. The Morgan fingerprint density at radius 1 is 1.15 bits per heavy atom. The van der Waals surface area contributed by atoms with Crippen LogP contribution in [0.1, 0.15) is 52.0 Å². The van der Waals surface area contributed by atoms with Gasteiger partial charge in [-0.1, -0.05) is 39.7 Å². The van der Waals surface area contributed by atoms with Gasteiger partial charge in [-0.25, -0.2) is 4.79 Å². The van der Waals surface area contributed by atoms with E-state index in [2.05, 4.69) is 31.4 Å². The third kappa shape index (κ3) is 7.54. The number of fused-ring (bicyclic) bond motifs is 1. The molecule has 0 aliphatic heterocycles. The topological polar surface area (TPSA) is 130 Å². The van der Waals surface area contributed by atoms with Gasteiger partial charge in [-0.15, -0.1) is 0 Å². The van der Waals surface area contributed by atoms with Gasteiger partial charge in [0.25, 0.3) is 0 Å². The van der Waals surface area contributed by atoms with Crippen LogP contribution in [0.25, 0.3) is 10.9 Å². The average molecular weight is 633 g/mol. The van der Waals surface area contributed by atoms with E-state index in [0.29, 0.717) is 35.7 Å². The van der Waals surface area contributed by atoms with Crippen molar-refractivity contribution in [3.63, 3.8) is 0 Å². The first kappa shape index (κ1) is 29.9. The first-order valence-corrected chi connectivity index (χ1v) is 14.6. The molecule has 11 heteroatoms. The van der Waals surface area contributed by atoms with E-state index >= 15 is 0 Å². The number of rotatable bonds is 8. The summed E-state index contributed by atoms with van der Waals surface area (Å²) in [6, 6.07) is 12.0. The van der Waals surface area contributed by atoms with E-state index in [9.17, 15) is 14.4 Å². The monoisotopic (exact) mass is 631 g/mol. The fraction of sp³-hybridized carbons (Fsp3) is 0.448. The number of benzene rings is 2. The van der Waals surface area contributed by atoms with E-state index in [1.807, 2.05) is 45.0 Å². The lowest BCUT2D eigenvalue weighted by molar-refractivity contribution is -0.127. The second-order valence-electron chi connectivity index (χ2n) is 11.3. The maximum absolute atomic E-state index is 14.1. The lowest BCUT2D eigenvalue weighted by Crippen LogP contribution is -2.52. The molecule has 0 spiro atoms. The lowest BCUT2D eigenvalue weighted by atomic mass is 9.81. The van der Waals surface area contributed by atoms with Crippen molar-refractivity contribution in [2.75, 3.05) is 11.4 Å². The summed E-state index contributed by atoms with van der Waals surface area (Å²) in [5.41, 5.74) is 7.38. The summed E-state index contributed by atoms with van der Waals surface area (Å²) in [4.78, 5) is 40.6. The zero-order valence-corrected chi connectivity index (χ0v) is 25.2. The number of anilines is 1. The van der Waals surface area contributed by atoms with Crippen molar-refractivity contribution in [1.29, 1.82) is 0 Å². The number of nitrogens with two attached hydrogens (primary N) is 1. The molecule has 0 radical (unpaired) electrons. The van der Waals surface area contributed by atoms with Crippen LogP contribution in [-0.2, 0) is 20.7 Å². The molecule has 214 valence electrons. The van der Waals surface area contributed by atoms with Crippen LogP contribution in [0.2, 0.25) is 5.15 Å². The summed E-state index contributed by atoms with van der Waals surface area (Å²) in [7, 11) is 0. The van der Waals surface area contributed by atoms with Crippen molar-refractivity contribution >= 4 is 62.0 Å². The van der Waals surface area contributed by atoms with Crippen LogP contribution in [0.4, 0.5) is 10.5 Å². The molecule has 1 saturated carbocycles. The maximum Gasteiger partial charge on any atom is 0.407 e. The number of H-pyrrole nitrogens is 1. The Bertz CT molecular complexity index is 1360. The van der Waals surface area contributed by atoms with Gasteiger partial charge in [0, 0.05) is 34.4 Å². The Labute approximate surface area is 247 Å². The second-order valence-corrected chi connectivity index (χ2v) is 12.6. The van der Waals surface area contributed by atoms with Crippen LogP contribution in [0, 0.1) is 11.8 Å². The van der Waals surface area contributed by atoms with Crippen molar-refractivity contribution in [2.24, 2.45) is 17.6 Å². The minimum atomic E-state index is -0.896. The first-order valence-electron chi connectivity index (χ1n) is 13.4. The van der Waals surface area contributed by atoms with Crippen molar-refractivity contribution in [3.8, 4) is 0 Å². The molecule has 0 saturated heterocycles. The number of alkyl carbamates (subject to hydrolysis) is 1. The van der Waals surface area contributed by atoms with Crippen LogP contribution >= 0.6 is 27.5 Å². The molecular formula is C29H35BrClN5O4. The molecule has 1 aromatic heterocycles. The highest BCUT2D eigenvalue weighted by Gasteiger charge is 2.36. The number of nitrogens with one attached hydrogen (secondary N) is 2. The molecule has 1 fully saturated rings. The first-order chi connectivity index (χ1) is 18.9. The van der Waals surface area contributed by atoms with E-state index in [1.54, 1.807) is 18.2 Å². The SMILES string of the molecule is CC(C)(C)OC(=O)NCC1CCC(C(=O)N(c2ccc3c(Cl)[nH]nc3c2)[C@@H](Cc2ccc(Br)cc2)C(N)=O)CC1. The van der Waals surface area contributed by atoms with Gasteiger partial charge in [-0.3, -0.25) is 19.6 Å². The van der Waals surface area contributed by atoms with E-state index < -0.39 is 23.6 Å². The van der Waals surface area contributed by atoms with Crippen LogP contribution in [0.5, 0.6) is 0 Å². The Morgan fingerprint density at radius 3 is 2.45 bits per heavy atom. The number of hydrogen-bond acceptors (Lipinski definition) is 5. The fourth-order valence-electron chi connectivity index (χ4n) is 5.09. The van der Waals surface area contributed by atoms with Gasteiger partial charge in [0.05, 0.1) is 5.52 Å². The molecule has 2 aromatic carbocycles. The number of aromatic nitrogens is 2. The molecule has 40 heavy (non-hydrogen) atoms. The molecule has 0 unspecified atom stereocenters. The number of ether oxygens (including phenoxy) is 1. The van der Waals surface area contributed by atoms with Crippen LogP contribution < -0.4 is 16.0 Å². The predicted octanol–water partition coefficient (Wildman–Crippen LogP) is 5.74. The number of primary amides is 1. The summed E-state index contributed by atoms with van der Waals surface area (Å²) >= 11 is 9.64. The molecule has 9 nitrogen and oxygen atoms in total. The summed E-state index contributed by atoms with van der Waals surface area (Å²) in [6.45, 7) is 5.96. The van der Waals surface area contributed by atoms with Crippen LogP contribution in [0.3, 0.4) is 0 Å². The van der Waals surface area contributed by atoms with Gasteiger partial charge in [-0.2, -0.15) is 5.10 Å². The Morgan fingerprint density at radius 2 is 1.82 bits per heavy atom. The largest absolute Gasteiger partial charge is 0.444 e. The fourth-order valence-corrected chi connectivity index (χ4v) is 5.56. The summed E-state index contributed by atoms with van der Waals surface area (Å²) < 4.78 is 6.25. The Hall–Kier alpha value is -3.11. The average Bonchev–Trinajstić information content (AvgIpc) is 3.27. The normalized spacial score (nSPS) is 18.2. The Balaban J connectivity index is 1.54. The summed E-state index contributed by atoms with van der Waals surface area (Å²) in [5, 5.41) is 11.0. The van der Waals surface area contributed by atoms with Gasteiger partial charge >= 0.3 is 6.09 Å². The van der Waals surface area contributed by atoms with Gasteiger partial charge in [0.1, 0.15) is 16.8 Å². The standard InChI is InChI=1S/C29H35BrClN5O4/c1-29(2,3)40-28(39)33-16-18-4-8-19(9-5-18)27(38)36(21-12-13-22-23(15-21)34-35-25(22)31)24(26(32)37)14-17-6-10-20(30)11-7-17/h6-7,10-13,15,18-19,24H,4-5,8-9,14,16H2,1-3H3,(H2,32,37)(H,33,39)(H,34,35)/t18?,19?,24-/m0/s1. The number of nitrogens with zero attached hydrogens (tertiary/aromatic N) is 2. The number of hydrogen-bond donors (Lipinski definition) is 3. The van der Waals surface area contributed by atoms with Crippen molar-refractivity contribution in [2.45, 2.75) is 64.5 Å². The molecule has 4 N–H and O–H groups in total. The highest BCUT2D eigenvalue weighted by molar-refractivity contribution is 9.10. The summed E-state index contributed by atoms with van der Waals surface area (Å²) in [6.07, 6.45) is 2.63. The number of halogens is 2. The van der Waals surface area contributed by atoms with E-state index in [1.165, 1.54) is 4.90 Å². The van der Waals surface area contributed by atoms with Crippen LogP contribution in [0.15, 0.2) is 46.9 Å². The van der Waals surface area contributed by atoms with E-state index in [4.69, 9.17) is 22.1 Å². The molecule has 1 aliphatic rings. The molecule has 1 atom stereocenters. The lowest BCUT2D eigenvalue weighted by Gasteiger charge is -2.35. The van der Waals surface area contributed by atoms with Gasteiger partial charge in [-0.05, 0) is 88.3 Å². The number of amides is 3. The highest BCUT2D eigenvalue weighted by Crippen LogP contribution is 2.34. The minimum absolute atomic E-state index is 0.152. The van der Waals surface area contributed by atoms with Crippen molar-refractivity contribution in [3.05, 3.63) is 57.7 Å². The zero-order chi connectivity index (χ0) is 29.0. The van der Waals surface area contributed by atoms with E-state index in [0.717, 1.165) is 28.3 Å². The van der Waals surface area contributed by atoms with Gasteiger partial charge < -0.3 is 15.8 Å².